The van der Waals surface area contributed by atoms with Crippen LogP contribution in [0.15, 0.2) is 78.5 Å². The lowest BCUT2D eigenvalue weighted by atomic mass is 10.00. The third-order valence-electron chi connectivity index (χ3n) is 3.99. The van der Waals surface area contributed by atoms with Crippen LogP contribution in [0.25, 0.3) is 28.2 Å². The van der Waals surface area contributed by atoms with Crippen molar-refractivity contribution in [2.24, 2.45) is 0 Å². The lowest BCUT2D eigenvalue weighted by molar-refractivity contribution is -0.130. The van der Waals surface area contributed by atoms with Gasteiger partial charge >= 0.3 is 5.97 Å². The van der Waals surface area contributed by atoms with Crippen LogP contribution in [0.4, 0.5) is 0 Å². The molecule has 0 saturated heterocycles. The van der Waals surface area contributed by atoms with Crippen LogP contribution in [0.2, 0.25) is 0 Å². The van der Waals surface area contributed by atoms with Crippen molar-refractivity contribution in [2.45, 2.75) is 0 Å². The zero-order valence-electron chi connectivity index (χ0n) is 15.3. The molecule has 0 bridgehead atoms. The molecule has 1 heterocycles. The number of hydrogen-bond donors (Lipinski definition) is 1. The summed E-state index contributed by atoms with van der Waals surface area (Å²) in [6, 6.07) is 17.4. The number of hydrogen-bond acceptors (Lipinski definition) is 4. The molecule has 4 nitrogen and oxygen atoms in total. The molecule has 5 heteroatoms. The summed E-state index contributed by atoms with van der Waals surface area (Å²) in [5.41, 5.74) is 5.36. The third kappa shape index (κ3) is 4.64. The van der Waals surface area contributed by atoms with Crippen molar-refractivity contribution < 1.29 is 14.6 Å². The molecule has 0 aliphatic rings. The van der Waals surface area contributed by atoms with Crippen molar-refractivity contribution in [3.63, 3.8) is 0 Å². The van der Waals surface area contributed by atoms with Crippen LogP contribution in [-0.2, 0) is 9.53 Å². The Kier molecular flexibility index (Phi) is 6.54. The number of carboxylic acids is 1. The van der Waals surface area contributed by atoms with E-state index in [1.165, 1.54) is 13.4 Å². The molecule has 2 aromatic carbocycles. The number of thiazole rings is 1. The van der Waals surface area contributed by atoms with Crippen LogP contribution in [0, 0.1) is 0 Å². The zero-order chi connectivity index (χ0) is 19.8. The zero-order valence-corrected chi connectivity index (χ0v) is 16.1. The molecule has 0 atom stereocenters. The molecule has 0 fully saturated rings. The molecule has 0 radical (unpaired) electrons. The Morgan fingerprint density at radius 3 is 2.50 bits per heavy atom. The molecule has 1 N–H and O–H groups in total. The predicted octanol–water partition coefficient (Wildman–Crippen LogP) is 5.61. The first kappa shape index (κ1) is 19.3. The van der Waals surface area contributed by atoms with E-state index in [2.05, 4.69) is 17.1 Å². The molecule has 0 aliphatic carbocycles. The molecule has 0 aliphatic heterocycles. The summed E-state index contributed by atoms with van der Waals surface area (Å²) in [4.78, 5) is 17.0. The SMILES string of the molecule is CO/C=C(/C(=O)O)c1ccccc1C=C/C=C/c1ncsc1-c1ccccc1. The highest BCUT2D eigenvalue weighted by Gasteiger charge is 2.13. The normalized spacial score (nSPS) is 12.0. The van der Waals surface area contributed by atoms with E-state index in [0.29, 0.717) is 5.56 Å². The Morgan fingerprint density at radius 1 is 1.04 bits per heavy atom. The predicted molar refractivity (Wildman–Crippen MR) is 115 cm³/mol. The van der Waals surface area contributed by atoms with Crippen LogP contribution in [0.3, 0.4) is 0 Å². The Morgan fingerprint density at radius 2 is 1.75 bits per heavy atom. The molecule has 0 spiro atoms. The monoisotopic (exact) mass is 389 g/mol. The lowest BCUT2D eigenvalue weighted by Crippen LogP contribution is -2.02. The van der Waals surface area contributed by atoms with Crippen molar-refractivity contribution in [1.29, 1.82) is 0 Å². The largest absolute Gasteiger partial charge is 0.503 e. The quantitative estimate of drug-likeness (QED) is 0.324. The second-order valence-corrected chi connectivity index (χ2v) is 6.67. The minimum absolute atomic E-state index is 0.109. The maximum absolute atomic E-state index is 11.5. The highest BCUT2D eigenvalue weighted by Crippen LogP contribution is 2.28. The van der Waals surface area contributed by atoms with Crippen LogP contribution < -0.4 is 0 Å². The summed E-state index contributed by atoms with van der Waals surface area (Å²) in [5.74, 6) is -1.03. The number of carboxylic acid groups (broad SMARTS) is 1. The van der Waals surface area contributed by atoms with Gasteiger partial charge in [-0.2, -0.15) is 0 Å². The molecule has 1 aromatic heterocycles. The van der Waals surface area contributed by atoms with Crippen LogP contribution in [0.1, 0.15) is 16.8 Å². The summed E-state index contributed by atoms with van der Waals surface area (Å²) in [7, 11) is 1.43. The summed E-state index contributed by atoms with van der Waals surface area (Å²) in [6.07, 6.45) is 8.83. The van der Waals surface area contributed by atoms with Gasteiger partial charge in [0, 0.05) is 0 Å². The molecule has 0 unspecified atom stereocenters. The van der Waals surface area contributed by atoms with E-state index in [4.69, 9.17) is 4.74 Å². The van der Waals surface area contributed by atoms with Gasteiger partial charge in [0.25, 0.3) is 0 Å². The van der Waals surface area contributed by atoms with E-state index in [0.717, 1.165) is 21.7 Å². The van der Waals surface area contributed by atoms with Crippen molar-refractivity contribution in [2.75, 3.05) is 7.11 Å². The minimum atomic E-state index is -1.03. The molecule has 140 valence electrons. The fraction of sp³-hybridized carbons (Fsp3) is 0.0435. The molecular formula is C23H19NO3S. The van der Waals surface area contributed by atoms with E-state index < -0.39 is 5.97 Å². The summed E-state index contributed by atoms with van der Waals surface area (Å²) >= 11 is 1.60. The van der Waals surface area contributed by atoms with Gasteiger partial charge in [-0.15, -0.1) is 11.3 Å². The number of nitrogens with zero attached hydrogens (tertiary/aromatic N) is 1. The number of aliphatic carboxylic acids is 1. The van der Waals surface area contributed by atoms with Gasteiger partial charge in [-0.05, 0) is 22.8 Å². The molecule has 0 saturated carbocycles. The first-order valence-electron chi connectivity index (χ1n) is 8.60. The van der Waals surface area contributed by atoms with E-state index in [-0.39, 0.29) is 5.57 Å². The molecule has 3 rings (SSSR count). The summed E-state index contributed by atoms with van der Waals surface area (Å²) in [6.45, 7) is 0. The molecule has 28 heavy (non-hydrogen) atoms. The second-order valence-electron chi connectivity index (χ2n) is 5.81. The first-order valence-corrected chi connectivity index (χ1v) is 9.48. The Bertz CT molecular complexity index is 1030. The van der Waals surface area contributed by atoms with Gasteiger partial charge in [0.2, 0.25) is 0 Å². The lowest BCUT2D eigenvalue weighted by Gasteiger charge is -2.06. The summed E-state index contributed by atoms with van der Waals surface area (Å²) < 4.78 is 4.92. The maximum Gasteiger partial charge on any atom is 0.339 e. The van der Waals surface area contributed by atoms with Crippen molar-refractivity contribution >= 4 is 35.0 Å². The Balaban J connectivity index is 1.83. The fourth-order valence-electron chi connectivity index (χ4n) is 2.72. The first-order chi connectivity index (χ1) is 13.7. The number of allylic oxidation sites excluding steroid dienone is 2. The topological polar surface area (TPSA) is 59.4 Å². The van der Waals surface area contributed by atoms with Gasteiger partial charge in [-0.25, -0.2) is 9.78 Å². The molecular weight excluding hydrogens is 370 g/mol. The van der Waals surface area contributed by atoms with E-state index in [9.17, 15) is 9.90 Å². The maximum atomic E-state index is 11.5. The van der Waals surface area contributed by atoms with E-state index in [1.54, 1.807) is 23.5 Å². The highest BCUT2D eigenvalue weighted by molar-refractivity contribution is 7.13. The molecule has 0 amide bonds. The Labute approximate surface area is 167 Å². The number of methoxy groups -OCH3 is 1. The van der Waals surface area contributed by atoms with Gasteiger partial charge < -0.3 is 9.84 Å². The van der Waals surface area contributed by atoms with Crippen molar-refractivity contribution in [1.82, 2.24) is 4.98 Å². The van der Waals surface area contributed by atoms with Gasteiger partial charge in [-0.1, -0.05) is 72.8 Å². The average Bonchev–Trinajstić information content (AvgIpc) is 3.19. The number of benzene rings is 2. The average molecular weight is 389 g/mol. The third-order valence-corrected chi connectivity index (χ3v) is 4.88. The number of aromatic nitrogens is 1. The van der Waals surface area contributed by atoms with Crippen LogP contribution in [-0.4, -0.2) is 23.2 Å². The smallest absolute Gasteiger partial charge is 0.339 e. The van der Waals surface area contributed by atoms with E-state index in [1.807, 2.05) is 60.1 Å². The second kappa shape index (κ2) is 9.48. The number of rotatable bonds is 7. The van der Waals surface area contributed by atoms with Crippen LogP contribution in [0.5, 0.6) is 0 Å². The van der Waals surface area contributed by atoms with Gasteiger partial charge in [0.05, 0.1) is 29.5 Å². The van der Waals surface area contributed by atoms with Gasteiger partial charge in [0.1, 0.15) is 5.57 Å². The van der Waals surface area contributed by atoms with Gasteiger partial charge in [-0.3, -0.25) is 0 Å². The van der Waals surface area contributed by atoms with Crippen molar-refractivity contribution in [3.8, 4) is 10.4 Å². The highest BCUT2D eigenvalue weighted by atomic mass is 32.1. The fourth-order valence-corrected chi connectivity index (χ4v) is 3.50. The van der Waals surface area contributed by atoms with Crippen LogP contribution >= 0.6 is 11.3 Å². The van der Waals surface area contributed by atoms with Gasteiger partial charge in [0.15, 0.2) is 0 Å². The summed E-state index contributed by atoms with van der Waals surface area (Å²) in [5, 5.41) is 9.42. The van der Waals surface area contributed by atoms with Crippen molar-refractivity contribution in [3.05, 3.63) is 95.3 Å². The van der Waals surface area contributed by atoms with E-state index >= 15 is 0 Å². The number of carbonyl (C=O) groups is 1. The standard InChI is InChI=1S/C23H19NO3S/c1-27-15-20(23(25)26)19-13-7-5-9-17(19)10-6-8-14-21-22(28-16-24-21)18-11-3-2-4-12-18/h2-16H,1H3,(H,25,26)/b10-6?,14-8+,20-15+. The Hall–Kier alpha value is -3.44. The number of ether oxygens (including phenoxy) is 1. The molecule has 3 aromatic rings. The minimum Gasteiger partial charge on any atom is -0.503 e.